The van der Waals surface area contributed by atoms with E-state index in [9.17, 15) is 4.79 Å². The highest BCUT2D eigenvalue weighted by molar-refractivity contribution is 8.01. The minimum absolute atomic E-state index is 0.174. The Morgan fingerprint density at radius 2 is 1.90 bits per heavy atom. The van der Waals surface area contributed by atoms with Crippen LogP contribution in [-0.2, 0) is 11.4 Å². The lowest BCUT2D eigenvalue weighted by molar-refractivity contribution is -0.118. The molecule has 0 unspecified atom stereocenters. The maximum Gasteiger partial charge on any atom is 0.250 e. The van der Waals surface area contributed by atoms with Gasteiger partial charge in [0.25, 0.3) is 5.91 Å². The Morgan fingerprint density at radius 1 is 1.07 bits per heavy atom. The quantitative estimate of drug-likeness (QED) is 0.238. The van der Waals surface area contributed by atoms with Crippen LogP contribution in [0.15, 0.2) is 88.3 Å². The van der Waals surface area contributed by atoms with Crippen molar-refractivity contribution in [1.82, 2.24) is 10.4 Å². The molecule has 3 aromatic carbocycles. The van der Waals surface area contributed by atoms with Gasteiger partial charge in [-0.25, -0.2) is 10.4 Å². The number of benzene rings is 3. The number of para-hydroxylation sites is 1. The maximum atomic E-state index is 12.1. The van der Waals surface area contributed by atoms with E-state index in [1.54, 1.807) is 17.6 Å². The zero-order valence-corrected chi connectivity index (χ0v) is 17.7. The van der Waals surface area contributed by atoms with Gasteiger partial charge in [0.1, 0.15) is 12.4 Å². The Morgan fingerprint density at radius 3 is 2.77 bits per heavy atom. The molecular weight excluding hydrogens is 414 g/mol. The molecule has 1 aromatic heterocycles. The summed E-state index contributed by atoms with van der Waals surface area (Å²) in [6, 6.07) is 25.5. The number of nitrogens with one attached hydrogen (secondary N) is 1. The fraction of sp³-hybridized carbons (Fsp3) is 0.0870. The molecule has 150 valence electrons. The van der Waals surface area contributed by atoms with E-state index in [0.717, 1.165) is 31.4 Å². The minimum atomic E-state index is -0.174. The molecule has 5 nitrogen and oxygen atoms in total. The van der Waals surface area contributed by atoms with E-state index in [2.05, 4.69) is 15.5 Å². The van der Waals surface area contributed by atoms with E-state index in [4.69, 9.17) is 4.74 Å². The summed E-state index contributed by atoms with van der Waals surface area (Å²) < 4.78 is 7.81. The Bertz CT molecular complexity index is 1130. The Hall–Kier alpha value is -3.16. The highest BCUT2D eigenvalue weighted by Gasteiger charge is 2.07. The van der Waals surface area contributed by atoms with E-state index in [-0.39, 0.29) is 11.7 Å². The van der Waals surface area contributed by atoms with Gasteiger partial charge in [-0.3, -0.25) is 4.79 Å². The number of aromatic nitrogens is 1. The van der Waals surface area contributed by atoms with Crippen LogP contribution in [0.2, 0.25) is 0 Å². The smallest absolute Gasteiger partial charge is 0.250 e. The number of thiazole rings is 1. The van der Waals surface area contributed by atoms with Crippen LogP contribution in [-0.4, -0.2) is 22.9 Å². The molecule has 0 aliphatic rings. The summed E-state index contributed by atoms with van der Waals surface area (Å²) in [6.45, 7) is 0.501. The highest BCUT2D eigenvalue weighted by Crippen LogP contribution is 2.29. The summed E-state index contributed by atoms with van der Waals surface area (Å²) in [4.78, 5) is 16.6. The van der Waals surface area contributed by atoms with Crippen LogP contribution >= 0.6 is 23.1 Å². The van der Waals surface area contributed by atoms with Crippen molar-refractivity contribution in [2.24, 2.45) is 5.10 Å². The molecule has 1 heterocycles. The Labute approximate surface area is 182 Å². The second-order valence-electron chi connectivity index (χ2n) is 6.38. The molecular formula is C23H19N3O2S2. The molecule has 0 atom stereocenters. The average molecular weight is 434 g/mol. The first-order chi connectivity index (χ1) is 14.8. The molecule has 4 rings (SSSR count). The van der Waals surface area contributed by atoms with Crippen molar-refractivity contribution in [3.63, 3.8) is 0 Å². The summed E-state index contributed by atoms with van der Waals surface area (Å²) in [7, 11) is 0. The average Bonchev–Trinajstić information content (AvgIpc) is 3.20. The fourth-order valence-electron chi connectivity index (χ4n) is 2.68. The number of fused-ring (bicyclic) bond motifs is 1. The number of ether oxygens (including phenoxy) is 1. The molecule has 0 spiro atoms. The fourth-order valence-corrected chi connectivity index (χ4v) is 4.54. The zero-order chi connectivity index (χ0) is 20.6. The number of rotatable bonds is 8. The van der Waals surface area contributed by atoms with Gasteiger partial charge in [0.05, 0.1) is 22.2 Å². The molecule has 0 radical (unpaired) electrons. The van der Waals surface area contributed by atoms with Crippen molar-refractivity contribution in [3.05, 3.63) is 90.0 Å². The van der Waals surface area contributed by atoms with Gasteiger partial charge in [-0.15, -0.1) is 11.3 Å². The molecule has 0 aliphatic heterocycles. The number of thioether (sulfide) groups is 1. The van der Waals surface area contributed by atoms with Gasteiger partial charge in [-0.1, -0.05) is 66.4 Å². The molecule has 1 amide bonds. The monoisotopic (exact) mass is 433 g/mol. The summed E-state index contributed by atoms with van der Waals surface area (Å²) in [5.74, 6) is 0.838. The van der Waals surface area contributed by atoms with E-state index in [0.29, 0.717) is 6.61 Å². The van der Waals surface area contributed by atoms with Crippen molar-refractivity contribution in [3.8, 4) is 5.75 Å². The lowest BCUT2D eigenvalue weighted by atomic mass is 10.2. The van der Waals surface area contributed by atoms with Gasteiger partial charge in [-0.05, 0) is 35.4 Å². The first-order valence-electron chi connectivity index (χ1n) is 9.33. The SMILES string of the molecule is O=C(CSc1nc2ccccc2s1)N/N=C/c1cccc(OCc2ccccc2)c1. The third kappa shape index (κ3) is 5.68. The van der Waals surface area contributed by atoms with Crippen LogP contribution in [0.25, 0.3) is 10.2 Å². The number of carbonyl (C=O) groups excluding carboxylic acids is 1. The lowest BCUT2D eigenvalue weighted by Gasteiger charge is -2.06. The molecule has 0 fully saturated rings. The Balaban J connectivity index is 1.25. The summed E-state index contributed by atoms with van der Waals surface area (Å²) >= 11 is 2.99. The predicted octanol–water partition coefficient (Wildman–Crippen LogP) is 5.12. The molecule has 30 heavy (non-hydrogen) atoms. The molecule has 0 bridgehead atoms. The third-order valence-electron chi connectivity index (χ3n) is 4.11. The van der Waals surface area contributed by atoms with Crippen LogP contribution in [0.3, 0.4) is 0 Å². The highest BCUT2D eigenvalue weighted by atomic mass is 32.2. The number of amides is 1. The van der Waals surface area contributed by atoms with E-state index in [1.807, 2.05) is 78.9 Å². The molecule has 7 heteroatoms. The normalized spacial score (nSPS) is 11.1. The van der Waals surface area contributed by atoms with Crippen molar-refractivity contribution in [2.45, 2.75) is 10.9 Å². The van der Waals surface area contributed by atoms with Crippen LogP contribution < -0.4 is 10.2 Å². The Kier molecular flexibility index (Phi) is 6.74. The number of hydrazone groups is 1. The van der Waals surface area contributed by atoms with Gasteiger partial charge in [0, 0.05) is 0 Å². The third-order valence-corrected chi connectivity index (χ3v) is 6.29. The topological polar surface area (TPSA) is 63.6 Å². The largest absolute Gasteiger partial charge is 0.489 e. The molecule has 4 aromatic rings. The number of hydrogen-bond acceptors (Lipinski definition) is 6. The van der Waals surface area contributed by atoms with E-state index in [1.165, 1.54) is 11.8 Å². The second-order valence-corrected chi connectivity index (χ2v) is 8.63. The molecule has 1 N–H and O–H groups in total. The second kappa shape index (κ2) is 10.0. The van der Waals surface area contributed by atoms with Crippen LogP contribution in [0.1, 0.15) is 11.1 Å². The van der Waals surface area contributed by atoms with Gasteiger partial charge in [-0.2, -0.15) is 5.10 Å². The first kappa shape index (κ1) is 20.1. The van der Waals surface area contributed by atoms with Gasteiger partial charge >= 0.3 is 0 Å². The number of carbonyl (C=O) groups is 1. The summed E-state index contributed by atoms with van der Waals surface area (Å²) in [5.41, 5.74) is 5.47. The summed E-state index contributed by atoms with van der Waals surface area (Å²) in [5, 5.41) is 4.05. The standard InChI is InChI=1S/C23H19N3O2S2/c27-22(16-29-23-25-20-11-4-5-12-21(20)30-23)26-24-14-18-9-6-10-19(13-18)28-15-17-7-2-1-3-8-17/h1-14H,15-16H2,(H,26,27)/b24-14+. The first-order valence-corrected chi connectivity index (χ1v) is 11.1. The number of nitrogens with zero attached hydrogens (tertiary/aromatic N) is 2. The van der Waals surface area contributed by atoms with E-state index >= 15 is 0 Å². The van der Waals surface area contributed by atoms with Crippen molar-refractivity contribution in [1.29, 1.82) is 0 Å². The van der Waals surface area contributed by atoms with Crippen LogP contribution in [0.4, 0.5) is 0 Å². The van der Waals surface area contributed by atoms with Crippen molar-refractivity contribution in [2.75, 3.05) is 5.75 Å². The van der Waals surface area contributed by atoms with Crippen LogP contribution in [0, 0.1) is 0 Å². The van der Waals surface area contributed by atoms with Crippen molar-refractivity contribution >= 4 is 45.4 Å². The van der Waals surface area contributed by atoms with Gasteiger partial charge < -0.3 is 4.74 Å². The van der Waals surface area contributed by atoms with E-state index < -0.39 is 0 Å². The molecule has 0 aliphatic carbocycles. The molecule has 0 saturated heterocycles. The minimum Gasteiger partial charge on any atom is -0.489 e. The lowest BCUT2D eigenvalue weighted by Crippen LogP contribution is -2.19. The van der Waals surface area contributed by atoms with Gasteiger partial charge in [0.2, 0.25) is 0 Å². The maximum absolute atomic E-state index is 12.1. The molecule has 0 saturated carbocycles. The summed E-state index contributed by atoms with van der Waals surface area (Å²) in [6.07, 6.45) is 1.61. The zero-order valence-electron chi connectivity index (χ0n) is 16.0. The van der Waals surface area contributed by atoms with Crippen LogP contribution in [0.5, 0.6) is 5.75 Å². The predicted molar refractivity (Wildman–Crippen MR) is 123 cm³/mol. The van der Waals surface area contributed by atoms with Gasteiger partial charge in [0.15, 0.2) is 4.34 Å². The van der Waals surface area contributed by atoms with Crippen molar-refractivity contribution < 1.29 is 9.53 Å². The number of hydrogen-bond donors (Lipinski definition) is 1.